The molecule has 1 aromatic rings. The largest absolute Gasteiger partial charge is 0.349 e. The fourth-order valence-electron chi connectivity index (χ4n) is 2.62. The van der Waals surface area contributed by atoms with Crippen molar-refractivity contribution in [3.8, 4) is 0 Å². The Balaban J connectivity index is 1.83. The molecule has 114 valence electrons. The maximum atomic E-state index is 13.8. The Kier molecular flexibility index (Phi) is 3.49. The highest BCUT2D eigenvalue weighted by atomic mass is 32.2. The van der Waals surface area contributed by atoms with E-state index >= 15 is 0 Å². The number of rotatable bonds is 5. The Hall–Kier alpha value is -1.47. The van der Waals surface area contributed by atoms with Gasteiger partial charge in [0, 0.05) is 6.04 Å². The van der Waals surface area contributed by atoms with Gasteiger partial charge in [-0.3, -0.25) is 4.79 Å². The standard InChI is InChI=1S/C14H17FN2O3S/c15-12-6-5-10(21(16,19)20)7-11(12)14(18)17-13(8-1-2-8)9-3-4-9/h5-9,13H,1-4H2,(H,17,18)(H2,16,19,20). The van der Waals surface area contributed by atoms with Gasteiger partial charge in [-0.05, 0) is 55.7 Å². The van der Waals surface area contributed by atoms with E-state index in [0.29, 0.717) is 11.8 Å². The number of carbonyl (C=O) groups excluding carboxylic acids is 1. The number of halogens is 1. The van der Waals surface area contributed by atoms with Crippen LogP contribution in [-0.2, 0) is 10.0 Å². The first-order valence-electron chi connectivity index (χ1n) is 6.99. The van der Waals surface area contributed by atoms with E-state index in [-0.39, 0.29) is 16.5 Å². The fraction of sp³-hybridized carbons (Fsp3) is 0.500. The maximum absolute atomic E-state index is 13.8. The van der Waals surface area contributed by atoms with Crippen LogP contribution in [0.5, 0.6) is 0 Å². The number of sulfonamides is 1. The maximum Gasteiger partial charge on any atom is 0.254 e. The highest BCUT2D eigenvalue weighted by Crippen LogP contribution is 2.44. The van der Waals surface area contributed by atoms with Crippen molar-refractivity contribution in [3.63, 3.8) is 0 Å². The highest BCUT2D eigenvalue weighted by Gasteiger charge is 2.42. The molecular formula is C14H17FN2O3S. The lowest BCUT2D eigenvalue weighted by Gasteiger charge is -2.18. The quantitative estimate of drug-likeness (QED) is 0.861. The van der Waals surface area contributed by atoms with Crippen LogP contribution in [0.2, 0.25) is 0 Å². The van der Waals surface area contributed by atoms with Gasteiger partial charge in [0.05, 0.1) is 10.5 Å². The van der Waals surface area contributed by atoms with Crippen LogP contribution < -0.4 is 10.5 Å². The minimum absolute atomic E-state index is 0.0787. The molecule has 2 aliphatic rings. The molecule has 0 unspecified atom stereocenters. The Morgan fingerprint density at radius 2 is 1.81 bits per heavy atom. The van der Waals surface area contributed by atoms with Crippen LogP contribution in [0.15, 0.2) is 23.1 Å². The molecule has 0 atom stereocenters. The molecule has 0 spiro atoms. The summed E-state index contributed by atoms with van der Waals surface area (Å²) in [5.74, 6) is -0.357. The smallest absolute Gasteiger partial charge is 0.254 e. The van der Waals surface area contributed by atoms with Gasteiger partial charge in [0.1, 0.15) is 5.82 Å². The van der Waals surface area contributed by atoms with Crippen molar-refractivity contribution in [2.75, 3.05) is 0 Å². The van der Waals surface area contributed by atoms with Crippen LogP contribution in [0, 0.1) is 17.7 Å². The van der Waals surface area contributed by atoms with Crippen molar-refractivity contribution < 1.29 is 17.6 Å². The Labute approximate surface area is 122 Å². The summed E-state index contributed by atoms with van der Waals surface area (Å²) in [6.45, 7) is 0. The number of benzene rings is 1. The van der Waals surface area contributed by atoms with Crippen LogP contribution in [0.25, 0.3) is 0 Å². The molecule has 0 bridgehead atoms. The van der Waals surface area contributed by atoms with E-state index in [9.17, 15) is 17.6 Å². The summed E-state index contributed by atoms with van der Waals surface area (Å²) in [6.07, 6.45) is 4.34. The molecule has 3 N–H and O–H groups in total. The van der Waals surface area contributed by atoms with Gasteiger partial charge in [-0.25, -0.2) is 17.9 Å². The van der Waals surface area contributed by atoms with E-state index < -0.39 is 21.7 Å². The van der Waals surface area contributed by atoms with Gasteiger partial charge >= 0.3 is 0 Å². The van der Waals surface area contributed by atoms with Crippen LogP contribution in [0.1, 0.15) is 36.0 Å². The van der Waals surface area contributed by atoms with Crippen LogP contribution in [0.4, 0.5) is 4.39 Å². The number of nitrogens with one attached hydrogen (secondary N) is 1. The van der Waals surface area contributed by atoms with E-state index in [4.69, 9.17) is 5.14 Å². The zero-order chi connectivity index (χ0) is 15.2. The zero-order valence-corrected chi connectivity index (χ0v) is 12.2. The van der Waals surface area contributed by atoms with E-state index in [1.807, 2.05) is 0 Å². The summed E-state index contributed by atoms with van der Waals surface area (Å²) in [5.41, 5.74) is -0.271. The van der Waals surface area contributed by atoms with Gasteiger partial charge in [-0.2, -0.15) is 0 Å². The van der Waals surface area contributed by atoms with Crippen molar-refractivity contribution in [2.45, 2.75) is 36.6 Å². The molecule has 21 heavy (non-hydrogen) atoms. The second-order valence-corrected chi connectivity index (χ2v) is 7.42. The topological polar surface area (TPSA) is 89.3 Å². The number of amides is 1. The Morgan fingerprint density at radius 3 is 2.29 bits per heavy atom. The molecule has 1 aromatic carbocycles. The highest BCUT2D eigenvalue weighted by molar-refractivity contribution is 7.89. The van der Waals surface area contributed by atoms with Crippen LogP contribution >= 0.6 is 0 Å². The Morgan fingerprint density at radius 1 is 1.24 bits per heavy atom. The molecule has 0 heterocycles. The second kappa shape index (κ2) is 5.06. The van der Waals surface area contributed by atoms with Gasteiger partial charge < -0.3 is 5.32 Å². The number of hydrogen-bond donors (Lipinski definition) is 2. The lowest BCUT2D eigenvalue weighted by Crippen LogP contribution is -2.38. The van der Waals surface area contributed by atoms with E-state index in [1.165, 1.54) is 0 Å². The molecule has 0 aromatic heterocycles. The molecule has 2 aliphatic carbocycles. The number of carbonyl (C=O) groups is 1. The third kappa shape index (κ3) is 3.24. The third-order valence-corrected chi connectivity index (χ3v) is 4.98. The van der Waals surface area contributed by atoms with Crippen molar-refractivity contribution in [1.82, 2.24) is 5.32 Å². The minimum Gasteiger partial charge on any atom is -0.349 e. The first-order chi connectivity index (χ1) is 9.86. The average Bonchev–Trinajstić information content (AvgIpc) is 3.27. The minimum atomic E-state index is -3.96. The van der Waals surface area contributed by atoms with Gasteiger partial charge in [-0.15, -0.1) is 0 Å². The van der Waals surface area contributed by atoms with Crippen molar-refractivity contribution in [1.29, 1.82) is 0 Å². The molecule has 0 aliphatic heterocycles. The summed E-state index contributed by atoms with van der Waals surface area (Å²) >= 11 is 0. The molecule has 2 saturated carbocycles. The van der Waals surface area contributed by atoms with Crippen LogP contribution in [-0.4, -0.2) is 20.4 Å². The predicted octanol–water partition coefficient (Wildman–Crippen LogP) is 1.39. The fourth-order valence-corrected chi connectivity index (χ4v) is 3.16. The monoisotopic (exact) mass is 312 g/mol. The second-order valence-electron chi connectivity index (χ2n) is 5.86. The van der Waals surface area contributed by atoms with Crippen LogP contribution in [0.3, 0.4) is 0 Å². The molecular weight excluding hydrogens is 295 g/mol. The normalized spacial score (nSPS) is 18.8. The molecule has 5 nitrogen and oxygen atoms in total. The summed E-state index contributed by atoms with van der Waals surface area (Å²) in [6, 6.07) is 3.09. The van der Waals surface area contributed by atoms with Crippen molar-refractivity contribution >= 4 is 15.9 Å². The van der Waals surface area contributed by atoms with Crippen molar-refractivity contribution in [3.05, 3.63) is 29.6 Å². The lowest BCUT2D eigenvalue weighted by molar-refractivity contribution is 0.0922. The number of primary sulfonamides is 1. The third-order valence-electron chi connectivity index (χ3n) is 4.07. The molecule has 3 rings (SSSR count). The molecule has 0 saturated heterocycles. The Bertz CT molecular complexity index is 669. The van der Waals surface area contributed by atoms with Gasteiger partial charge in [0.2, 0.25) is 10.0 Å². The van der Waals surface area contributed by atoms with E-state index in [0.717, 1.165) is 43.9 Å². The first kappa shape index (κ1) is 14.5. The molecule has 0 radical (unpaired) electrons. The number of nitrogens with two attached hydrogens (primary N) is 1. The zero-order valence-electron chi connectivity index (χ0n) is 11.4. The summed E-state index contributed by atoms with van der Waals surface area (Å²) < 4.78 is 36.4. The average molecular weight is 312 g/mol. The van der Waals surface area contributed by atoms with E-state index in [2.05, 4.69) is 5.32 Å². The molecule has 7 heteroatoms. The first-order valence-corrected chi connectivity index (χ1v) is 8.54. The summed E-state index contributed by atoms with van der Waals surface area (Å²) in [4.78, 5) is 12.0. The summed E-state index contributed by atoms with van der Waals surface area (Å²) in [7, 11) is -3.96. The predicted molar refractivity (Wildman–Crippen MR) is 74.5 cm³/mol. The SMILES string of the molecule is NS(=O)(=O)c1ccc(F)c(C(=O)NC(C2CC2)C2CC2)c1. The lowest BCUT2D eigenvalue weighted by atomic mass is 10.1. The van der Waals surface area contributed by atoms with Gasteiger partial charge in [0.15, 0.2) is 0 Å². The summed E-state index contributed by atoms with van der Waals surface area (Å²) in [5, 5.41) is 7.87. The van der Waals surface area contributed by atoms with Gasteiger partial charge in [-0.1, -0.05) is 0 Å². The number of hydrogen-bond acceptors (Lipinski definition) is 3. The van der Waals surface area contributed by atoms with Crippen molar-refractivity contribution in [2.24, 2.45) is 17.0 Å². The van der Waals surface area contributed by atoms with E-state index in [1.54, 1.807) is 0 Å². The van der Waals surface area contributed by atoms with Gasteiger partial charge in [0.25, 0.3) is 5.91 Å². The molecule has 2 fully saturated rings. The molecule has 1 amide bonds.